The van der Waals surface area contributed by atoms with Crippen LogP contribution in [-0.2, 0) is 4.74 Å². The lowest BCUT2D eigenvalue weighted by atomic mass is 9.90. The molecule has 0 amide bonds. The van der Waals surface area contributed by atoms with Crippen molar-refractivity contribution in [3.63, 3.8) is 0 Å². The van der Waals surface area contributed by atoms with E-state index >= 15 is 0 Å². The average molecular weight is 211 g/mol. The third-order valence-corrected chi connectivity index (χ3v) is 3.71. The van der Waals surface area contributed by atoms with Crippen LogP contribution in [0.3, 0.4) is 0 Å². The molecule has 2 heteroatoms. The van der Waals surface area contributed by atoms with Gasteiger partial charge in [-0.2, -0.15) is 0 Å². The minimum atomic E-state index is 0.734. The van der Waals surface area contributed by atoms with Gasteiger partial charge in [-0.15, -0.1) is 0 Å². The summed E-state index contributed by atoms with van der Waals surface area (Å²) < 4.78 is 5.61. The molecule has 1 saturated carbocycles. The molecule has 15 heavy (non-hydrogen) atoms. The lowest BCUT2D eigenvalue weighted by molar-refractivity contribution is 0.0371. The van der Waals surface area contributed by atoms with E-state index in [0.717, 1.165) is 31.1 Å². The summed E-state index contributed by atoms with van der Waals surface area (Å²) in [5.41, 5.74) is 0. The topological polar surface area (TPSA) is 21.3 Å². The van der Waals surface area contributed by atoms with Crippen LogP contribution in [0.15, 0.2) is 0 Å². The highest BCUT2D eigenvalue weighted by Crippen LogP contribution is 2.36. The Hall–Kier alpha value is -0.0800. The second-order valence-electron chi connectivity index (χ2n) is 5.22. The Morgan fingerprint density at radius 1 is 1.33 bits per heavy atom. The summed E-state index contributed by atoms with van der Waals surface area (Å²) in [7, 11) is 0. The monoisotopic (exact) mass is 211 g/mol. The van der Waals surface area contributed by atoms with Crippen molar-refractivity contribution in [3.8, 4) is 0 Å². The van der Waals surface area contributed by atoms with Gasteiger partial charge >= 0.3 is 0 Å². The van der Waals surface area contributed by atoms with Gasteiger partial charge in [-0.25, -0.2) is 0 Å². The maximum atomic E-state index is 5.61. The van der Waals surface area contributed by atoms with Crippen LogP contribution in [0.25, 0.3) is 0 Å². The second kappa shape index (κ2) is 5.86. The summed E-state index contributed by atoms with van der Waals surface area (Å²) in [6.07, 6.45) is 8.21. The van der Waals surface area contributed by atoms with Crippen molar-refractivity contribution in [1.82, 2.24) is 5.32 Å². The molecule has 1 N–H and O–H groups in total. The molecular weight excluding hydrogens is 186 g/mol. The molecule has 88 valence electrons. The van der Waals surface area contributed by atoms with E-state index in [9.17, 15) is 0 Å². The predicted molar refractivity (Wildman–Crippen MR) is 63.0 cm³/mol. The summed E-state index contributed by atoms with van der Waals surface area (Å²) in [6.45, 7) is 5.40. The highest BCUT2D eigenvalue weighted by molar-refractivity contribution is 4.85. The molecule has 1 aliphatic heterocycles. The van der Waals surface area contributed by atoms with Crippen molar-refractivity contribution in [2.45, 2.75) is 51.5 Å². The summed E-state index contributed by atoms with van der Waals surface area (Å²) in [5.74, 6) is 1.81. The van der Waals surface area contributed by atoms with Crippen LogP contribution in [-0.4, -0.2) is 25.8 Å². The second-order valence-corrected chi connectivity index (χ2v) is 5.22. The molecule has 2 nitrogen and oxygen atoms in total. The highest BCUT2D eigenvalue weighted by atomic mass is 16.5. The van der Waals surface area contributed by atoms with Crippen LogP contribution in [0.2, 0.25) is 0 Å². The summed E-state index contributed by atoms with van der Waals surface area (Å²) in [4.78, 5) is 0. The first-order chi connectivity index (χ1) is 7.40. The SMILES string of the molecule is CCCNC(CC1CC1)C1CCCOC1. The molecule has 0 radical (unpaired) electrons. The molecule has 0 aromatic heterocycles. The molecule has 0 aromatic carbocycles. The maximum absolute atomic E-state index is 5.61. The molecule has 2 unspecified atom stereocenters. The van der Waals surface area contributed by atoms with Crippen LogP contribution in [0.1, 0.15) is 45.4 Å². The molecule has 1 saturated heterocycles. The number of rotatable bonds is 6. The quantitative estimate of drug-likeness (QED) is 0.729. The minimum absolute atomic E-state index is 0.734. The van der Waals surface area contributed by atoms with Gasteiger partial charge in [0.25, 0.3) is 0 Å². The standard InChI is InChI=1S/C13H25NO/c1-2-7-14-13(9-11-5-6-11)12-4-3-8-15-10-12/h11-14H,2-10H2,1H3. The van der Waals surface area contributed by atoms with Gasteiger partial charge in [-0.3, -0.25) is 0 Å². The zero-order chi connectivity index (χ0) is 10.5. The van der Waals surface area contributed by atoms with Gasteiger partial charge in [0, 0.05) is 12.6 Å². The normalized spacial score (nSPS) is 29.0. The van der Waals surface area contributed by atoms with Crippen LogP contribution in [0.5, 0.6) is 0 Å². The van der Waals surface area contributed by atoms with Crippen molar-refractivity contribution >= 4 is 0 Å². The fourth-order valence-electron chi connectivity index (χ4n) is 2.57. The van der Waals surface area contributed by atoms with Gasteiger partial charge in [-0.1, -0.05) is 19.8 Å². The first-order valence-electron chi connectivity index (χ1n) is 6.71. The molecule has 0 spiro atoms. The van der Waals surface area contributed by atoms with Crippen LogP contribution >= 0.6 is 0 Å². The Bertz CT molecular complexity index is 173. The number of hydrogen-bond acceptors (Lipinski definition) is 2. The first kappa shape index (κ1) is 11.4. The summed E-state index contributed by atoms with van der Waals surface area (Å²) in [6, 6.07) is 0.734. The van der Waals surface area contributed by atoms with Gasteiger partial charge in [0.05, 0.1) is 6.61 Å². The Labute approximate surface area is 93.8 Å². The van der Waals surface area contributed by atoms with E-state index in [0.29, 0.717) is 0 Å². The molecule has 0 aromatic rings. The smallest absolute Gasteiger partial charge is 0.0509 e. The third-order valence-electron chi connectivity index (χ3n) is 3.71. The van der Waals surface area contributed by atoms with Crippen molar-refractivity contribution in [2.24, 2.45) is 11.8 Å². The van der Waals surface area contributed by atoms with Crippen LogP contribution < -0.4 is 5.32 Å². The predicted octanol–water partition coefficient (Wildman–Crippen LogP) is 2.58. The fourth-order valence-corrected chi connectivity index (χ4v) is 2.57. The third kappa shape index (κ3) is 3.76. The van der Waals surface area contributed by atoms with Crippen molar-refractivity contribution < 1.29 is 4.74 Å². The Balaban J connectivity index is 1.78. The number of ether oxygens (including phenoxy) is 1. The molecular formula is C13H25NO. The largest absolute Gasteiger partial charge is 0.381 e. The zero-order valence-corrected chi connectivity index (χ0v) is 10.0. The Morgan fingerprint density at radius 2 is 2.20 bits per heavy atom. The van der Waals surface area contributed by atoms with Crippen LogP contribution in [0, 0.1) is 11.8 Å². The molecule has 2 atom stereocenters. The van der Waals surface area contributed by atoms with Crippen molar-refractivity contribution in [1.29, 1.82) is 0 Å². The maximum Gasteiger partial charge on any atom is 0.0509 e. The highest BCUT2D eigenvalue weighted by Gasteiger charge is 2.30. The molecule has 1 aliphatic carbocycles. The minimum Gasteiger partial charge on any atom is -0.381 e. The Morgan fingerprint density at radius 3 is 2.80 bits per heavy atom. The lowest BCUT2D eigenvalue weighted by Crippen LogP contribution is -2.41. The van der Waals surface area contributed by atoms with Gasteiger partial charge < -0.3 is 10.1 Å². The molecule has 1 heterocycles. The molecule has 2 aliphatic rings. The molecule has 2 rings (SSSR count). The average Bonchev–Trinajstić information content (AvgIpc) is 3.09. The van der Waals surface area contributed by atoms with Crippen molar-refractivity contribution in [2.75, 3.05) is 19.8 Å². The van der Waals surface area contributed by atoms with Gasteiger partial charge in [0.15, 0.2) is 0 Å². The van der Waals surface area contributed by atoms with E-state index < -0.39 is 0 Å². The summed E-state index contributed by atoms with van der Waals surface area (Å²) >= 11 is 0. The fraction of sp³-hybridized carbons (Fsp3) is 1.00. The van der Waals surface area contributed by atoms with Gasteiger partial charge in [0.1, 0.15) is 0 Å². The number of hydrogen-bond donors (Lipinski definition) is 1. The number of nitrogens with one attached hydrogen (secondary N) is 1. The van der Waals surface area contributed by atoms with Gasteiger partial charge in [0.2, 0.25) is 0 Å². The van der Waals surface area contributed by atoms with E-state index in [2.05, 4.69) is 12.2 Å². The first-order valence-corrected chi connectivity index (χ1v) is 6.71. The van der Waals surface area contributed by atoms with Crippen LogP contribution in [0.4, 0.5) is 0 Å². The van der Waals surface area contributed by atoms with Gasteiger partial charge in [-0.05, 0) is 44.1 Å². The van der Waals surface area contributed by atoms with Crippen molar-refractivity contribution in [3.05, 3.63) is 0 Å². The lowest BCUT2D eigenvalue weighted by Gasteiger charge is -2.31. The molecule has 0 bridgehead atoms. The zero-order valence-electron chi connectivity index (χ0n) is 10.0. The van der Waals surface area contributed by atoms with E-state index in [-0.39, 0.29) is 0 Å². The Kier molecular flexibility index (Phi) is 4.45. The van der Waals surface area contributed by atoms with E-state index in [1.54, 1.807) is 0 Å². The van der Waals surface area contributed by atoms with E-state index in [1.165, 1.54) is 45.1 Å². The summed E-state index contributed by atoms with van der Waals surface area (Å²) in [5, 5.41) is 3.73. The molecule has 2 fully saturated rings. The van der Waals surface area contributed by atoms with E-state index in [1.807, 2.05) is 0 Å². The van der Waals surface area contributed by atoms with E-state index in [4.69, 9.17) is 4.74 Å².